The van der Waals surface area contributed by atoms with Crippen LogP contribution in [0.4, 0.5) is 13.2 Å². The molecular weight excluding hydrogens is 313 g/mol. The number of aromatic nitrogens is 2. The van der Waals surface area contributed by atoms with Gasteiger partial charge in [0.1, 0.15) is 0 Å². The number of amides is 1. The second kappa shape index (κ2) is 6.51. The van der Waals surface area contributed by atoms with E-state index in [0.717, 1.165) is 12.1 Å². The van der Waals surface area contributed by atoms with Crippen molar-refractivity contribution >= 4 is 12.1 Å². The van der Waals surface area contributed by atoms with E-state index in [0.29, 0.717) is 16.8 Å². The van der Waals surface area contributed by atoms with E-state index in [1.165, 1.54) is 18.3 Å². The van der Waals surface area contributed by atoms with E-state index in [-0.39, 0.29) is 12.0 Å². The SMILES string of the molecule is Cc1[nH][nH]c(=O)c1CC(=O)N/N=C/c1ccc(C(F)(F)F)cc1. The zero-order valence-electron chi connectivity index (χ0n) is 12.0. The molecule has 0 atom stereocenters. The molecule has 0 radical (unpaired) electrons. The fourth-order valence-electron chi connectivity index (χ4n) is 1.82. The second-order valence-electron chi connectivity index (χ2n) is 4.77. The molecule has 23 heavy (non-hydrogen) atoms. The van der Waals surface area contributed by atoms with Crippen LogP contribution in [0.2, 0.25) is 0 Å². The summed E-state index contributed by atoms with van der Waals surface area (Å²) >= 11 is 0. The highest BCUT2D eigenvalue weighted by Gasteiger charge is 2.29. The van der Waals surface area contributed by atoms with Crippen LogP contribution >= 0.6 is 0 Å². The van der Waals surface area contributed by atoms with Crippen LogP contribution in [0.25, 0.3) is 0 Å². The van der Waals surface area contributed by atoms with Gasteiger partial charge in [0.05, 0.1) is 18.2 Å². The van der Waals surface area contributed by atoms with Crippen LogP contribution in [-0.2, 0) is 17.4 Å². The third-order valence-electron chi connectivity index (χ3n) is 3.07. The first kappa shape index (κ1) is 16.5. The number of hydrogen-bond donors (Lipinski definition) is 3. The summed E-state index contributed by atoms with van der Waals surface area (Å²) in [5, 5.41) is 8.59. The Morgan fingerprint density at radius 3 is 2.43 bits per heavy atom. The fraction of sp³-hybridized carbons (Fsp3) is 0.214. The van der Waals surface area contributed by atoms with Crippen molar-refractivity contribution in [2.75, 3.05) is 0 Å². The van der Waals surface area contributed by atoms with Crippen molar-refractivity contribution in [3.63, 3.8) is 0 Å². The lowest BCUT2D eigenvalue weighted by Crippen LogP contribution is -2.23. The maximum atomic E-state index is 12.4. The Morgan fingerprint density at radius 1 is 1.26 bits per heavy atom. The predicted molar refractivity (Wildman–Crippen MR) is 77.0 cm³/mol. The second-order valence-corrected chi connectivity index (χ2v) is 4.77. The third kappa shape index (κ3) is 4.31. The number of halogens is 3. The Bertz CT molecular complexity index is 773. The van der Waals surface area contributed by atoms with Gasteiger partial charge in [-0.3, -0.25) is 14.7 Å². The predicted octanol–water partition coefficient (Wildman–Crippen LogP) is 1.72. The highest BCUT2D eigenvalue weighted by molar-refractivity contribution is 5.83. The van der Waals surface area contributed by atoms with Crippen molar-refractivity contribution in [1.29, 1.82) is 0 Å². The number of nitrogens with zero attached hydrogens (tertiary/aromatic N) is 1. The molecule has 0 aliphatic carbocycles. The van der Waals surface area contributed by atoms with Crippen LogP contribution in [0.1, 0.15) is 22.4 Å². The lowest BCUT2D eigenvalue weighted by atomic mass is 10.1. The van der Waals surface area contributed by atoms with Crippen molar-refractivity contribution in [2.24, 2.45) is 5.10 Å². The lowest BCUT2D eigenvalue weighted by Gasteiger charge is -2.05. The van der Waals surface area contributed by atoms with Crippen LogP contribution in [0.15, 0.2) is 34.2 Å². The van der Waals surface area contributed by atoms with Gasteiger partial charge in [0.2, 0.25) is 5.91 Å². The summed E-state index contributed by atoms with van der Waals surface area (Å²) in [6.07, 6.45) is -3.34. The van der Waals surface area contributed by atoms with Gasteiger partial charge in [-0.2, -0.15) is 18.3 Å². The summed E-state index contributed by atoms with van der Waals surface area (Å²) in [7, 11) is 0. The van der Waals surface area contributed by atoms with Gasteiger partial charge in [-0.05, 0) is 24.6 Å². The number of carbonyl (C=O) groups excluding carboxylic acids is 1. The lowest BCUT2D eigenvalue weighted by molar-refractivity contribution is -0.137. The Kier molecular flexibility index (Phi) is 4.68. The van der Waals surface area contributed by atoms with Gasteiger partial charge < -0.3 is 5.10 Å². The topological polar surface area (TPSA) is 90.1 Å². The summed E-state index contributed by atoms with van der Waals surface area (Å²) in [6.45, 7) is 1.64. The normalized spacial score (nSPS) is 11.8. The number of carbonyl (C=O) groups is 1. The van der Waals surface area contributed by atoms with Crippen molar-refractivity contribution in [3.05, 3.63) is 57.0 Å². The summed E-state index contributed by atoms with van der Waals surface area (Å²) < 4.78 is 37.2. The van der Waals surface area contributed by atoms with Crippen LogP contribution < -0.4 is 11.0 Å². The maximum Gasteiger partial charge on any atom is 0.416 e. The molecule has 6 nitrogen and oxygen atoms in total. The number of aromatic amines is 2. The van der Waals surface area contributed by atoms with E-state index in [1.807, 2.05) is 0 Å². The number of hydrogen-bond acceptors (Lipinski definition) is 3. The average molecular weight is 326 g/mol. The molecular formula is C14H13F3N4O2. The third-order valence-corrected chi connectivity index (χ3v) is 3.07. The number of alkyl halides is 3. The molecule has 0 fully saturated rings. The number of benzene rings is 1. The molecule has 0 aliphatic heterocycles. The van der Waals surface area contributed by atoms with Crippen molar-refractivity contribution in [2.45, 2.75) is 19.5 Å². The molecule has 0 saturated heterocycles. The van der Waals surface area contributed by atoms with Gasteiger partial charge in [-0.25, -0.2) is 5.43 Å². The number of H-pyrrole nitrogens is 2. The van der Waals surface area contributed by atoms with Crippen molar-refractivity contribution in [1.82, 2.24) is 15.6 Å². The van der Waals surface area contributed by atoms with Crippen LogP contribution in [0.3, 0.4) is 0 Å². The molecule has 1 heterocycles. The number of hydrazone groups is 1. The van der Waals surface area contributed by atoms with E-state index in [2.05, 4.69) is 20.7 Å². The molecule has 1 amide bonds. The van der Waals surface area contributed by atoms with Gasteiger partial charge in [0.25, 0.3) is 5.56 Å². The van der Waals surface area contributed by atoms with Gasteiger partial charge in [-0.1, -0.05) is 12.1 Å². The van der Waals surface area contributed by atoms with E-state index in [1.54, 1.807) is 6.92 Å². The highest BCUT2D eigenvalue weighted by Crippen LogP contribution is 2.28. The molecule has 0 spiro atoms. The quantitative estimate of drug-likeness (QED) is 0.590. The van der Waals surface area contributed by atoms with Gasteiger partial charge in [0, 0.05) is 11.3 Å². The summed E-state index contributed by atoms with van der Waals surface area (Å²) in [6, 6.07) is 4.32. The molecule has 1 aromatic carbocycles. The molecule has 1 aromatic heterocycles. The Hall–Kier alpha value is -2.84. The summed E-state index contributed by atoms with van der Waals surface area (Å²) in [5.74, 6) is -0.513. The molecule has 0 unspecified atom stereocenters. The number of rotatable bonds is 4. The van der Waals surface area contributed by atoms with Crippen molar-refractivity contribution < 1.29 is 18.0 Å². The van der Waals surface area contributed by atoms with Crippen LogP contribution in [0.5, 0.6) is 0 Å². The first-order valence-corrected chi connectivity index (χ1v) is 6.52. The number of nitrogens with one attached hydrogen (secondary N) is 3. The summed E-state index contributed by atoms with van der Waals surface area (Å²) in [5.41, 5.74) is 2.31. The zero-order chi connectivity index (χ0) is 17.0. The monoisotopic (exact) mass is 326 g/mol. The smallest absolute Gasteiger partial charge is 0.302 e. The Labute approximate surface area is 128 Å². The van der Waals surface area contributed by atoms with Crippen LogP contribution in [-0.4, -0.2) is 22.3 Å². The zero-order valence-corrected chi connectivity index (χ0v) is 12.0. The largest absolute Gasteiger partial charge is 0.416 e. The van der Waals surface area contributed by atoms with Gasteiger partial charge in [-0.15, -0.1) is 0 Å². The minimum absolute atomic E-state index is 0.158. The first-order valence-electron chi connectivity index (χ1n) is 6.52. The van der Waals surface area contributed by atoms with E-state index in [4.69, 9.17) is 0 Å². The summed E-state index contributed by atoms with van der Waals surface area (Å²) in [4.78, 5) is 23.0. The molecule has 0 saturated carbocycles. The van der Waals surface area contributed by atoms with Gasteiger partial charge >= 0.3 is 6.18 Å². The van der Waals surface area contributed by atoms with E-state index in [9.17, 15) is 22.8 Å². The molecule has 2 aromatic rings. The van der Waals surface area contributed by atoms with Gasteiger partial charge in [0.15, 0.2) is 0 Å². The molecule has 0 bridgehead atoms. The van der Waals surface area contributed by atoms with E-state index < -0.39 is 17.6 Å². The fourth-order valence-corrected chi connectivity index (χ4v) is 1.82. The minimum Gasteiger partial charge on any atom is -0.302 e. The maximum absolute atomic E-state index is 12.4. The first-order chi connectivity index (χ1) is 10.8. The molecule has 9 heteroatoms. The number of aryl methyl sites for hydroxylation is 1. The minimum atomic E-state index is -4.40. The molecule has 3 N–H and O–H groups in total. The van der Waals surface area contributed by atoms with Crippen molar-refractivity contribution in [3.8, 4) is 0 Å². The van der Waals surface area contributed by atoms with Crippen LogP contribution in [0, 0.1) is 6.92 Å². The molecule has 122 valence electrons. The molecule has 0 aliphatic rings. The standard InChI is InChI=1S/C14H13F3N4O2/c1-8-11(13(23)21-19-8)6-12(22)20-18-7-9-2-4-10(5-3-9)14(15,16)17/h2-5,7H,6H2,1H3,(H,20,22)(H2,19,21,23)/b18-7+. The average Bonchev–Trinajstić information content (AvgIpc) is 2.79. The Balaban J connectivity index is 1.94. The van der Waals surface area contributed by atoms with E-state index >= 15 is 0 Å². The highest BCUT2D eigenvalue weighted by atomic mass is 19.4. The Morgan fingerprint density at radius 2 is 1.91 bits per heavy atom. The molecule has 2 rings (SSSR count).